The number of halogens is 2. The predicted molar refractivity (Wildman–Crippen MR) is 149 cm³/mol. The van der Waals surface area contributed by atoms with E-state index < -0.39 is 0 Å². The third-order valence-electron chi connectivity index (χ3n) is 5.96. The molecule has 186 valence electrons. The van der Waals surface area contributed by atoms with Crippen LogP contribution in [0.4, 0.5) is 0 Å². The zero-order valence-corrected chi connectivity index (χ0v) is 25.0. The summed E-state index contributed by atoms with van der Waals surface area (Å²) in [5.41, 5.74) is 4.13. The number of hydrogen-bond donors (Lipinski definition) is 0. The molecule has 0 saturated carbocycles. The Balaban J connectivity index is 0.000000197. The molecule has 0 spiro atoms. The Morgan fingerprint density at radius 3 is 1.59 bits per heavy atom. The molecule has 0 fully saturated rings. The van der Waals surface area contributed by atoms with Gasteiger partial charge in [0.05, 0.1) is 0 Å². The van der Waals surface area contributed by atoms with E-state index >= 15 is 0 Å². The topological polar surface area (TPSA) is 0 Å². The molecule has 0 bridgehead atoms. The van der Waals surface area contributed by atoms with Crippen molar-refractivity contribution in [2.45, 2.75) is 26.2 Å². The van der Waals surface area contributed by atoms with Crippen LogP contribution in [0.3, 0.4) is 0 Å². The minimum atomic E-state index is 0. The zero-order valence-electron chi connectivity index (χ0n) is 21.0. The molecule has 0 saturated heterocycles. The molecule has 3 heteroatoms. The van der Waals surface area contributed by atoms with Gasteiger partial charge >= 0.3 is 99.2 Å². The van der Waals surface area contributed by atoms with E-state index in [1.54, 1.807) is 0 Å². The Labute approximate surface area is 248 Å². The molecule has 0 atom stereocenters. The maximum atomic E-state index is 3.14. The van der Waals surface area contributed by atoms with Crippen LogP contribution in [0.2, 0.25) is 0 Å². The molecule has 1 aliphatic rings. The molecule has 0 aromatic heterocycles. The summed E-state index contributed by atoms with van der Waals surface area (Å²) in [5, 5.41) is 5.39. The summed E-state index contributed by atoms with van der Waals surface area (Å²) in [7, 11) is 0. The van der Waals surface area contributed by atoms with Gasteiger partial charge < -0.3 is 24.8 Å². The molecule has 0 radical (unpaired) electrons. The van der Waals surface area contributed by atoms with Gasteiger partial charge in [0.25, 0.3) is 0 Å². The second-order valence-corrected chi connectivity index (χ2v) is 9.74. The van der Waals surface area contributed by atoms with Gasteiger partial charge in [0.15, 0.2) is 0 Å². The second-order valence-electron chi connectivity index (χ2n) is 8.51. The van der Waals surface area contributed by atoms with Crippen LogP contribution in [0.5, 0.6) is 0 Å². The molecule has 0 N–H and O–H groups in total. The van der Waals surface area contributed by atoms with Crippen molar-refractivity contribution < 1.29 is 49.0 Å². The van der Waals surface area contributed by atoms with Gasteiger partial charge in [-0.15, -0.1) is 46.2 Å². The fraction of sp³-hybridized carbons (Fsp3) is 0.118. The first-order valence-electron chi connectivity index (χ1n) is 12.2. The summed E-state index contributed by atoms with van der Waals surface area (Å²) in [4.78, 5) is 0. The number of allylic oxidation sites excluding steroid dienone is 4. The quantitative estimate of drug-likeness (QED) is 0.279. The van der Waals surface area contributed by atoms with Crippen LogP contribution in [-0.2, 0) is 24.2 Å². The van der Waals surface area contributed by atoms with Gasteiger partial charge in [0.1, 0.15) is 0 Å². The first-order chi connectivity index (χ1) is 17.3. The van der Waals surface area contributed by atoms with E-state index in [-0.39, 0.29) is 24.8 Å². The van der Waals surface area contributed by atoms with Gasteiger partial charge in [-0.3, -0.25) is 6.08 Å². The average molecular weight is 601 g/mol. The maximum absolute atomic E-state index is 3.14. The van der Waals surface area contributed by atoms with E-state index in [0.29, 0.717) is 0 Å². The molecule has 37 heavy (non-hydrogen) atoms. The Bertz CT molecular complexity index is 1340. The molecule has 0 heterocycles. The first kappa shape index (κ1) is 30.8. The van der Waals surface area contributed by atoms with E-state index in [9.17, 15) is 0 Å². The van der Waals surface area contributed by atoms with E-state index in [2.05, 4.69) is 140 Å². The van der Waals surface area contributed by atoms with Crippen molar-refractivity contribution in [3.63, 3.8) is 0 Å². The zero-order chi connectivity index (χ0) is 24.3. The Hall–Kier alpha value is -2.44. The van der Waals surface area contributed by atoms with Crippen LogP contribution in [0, 0.1) is 6.08 Å². The Morgan fingerprint density at radius 1 is 0.703 bits per heavy atom. The van der Waals surface area contributed by atoms with Crippen molar-refractivity contribution >= 4 is 24.8 Å². The van der Waals surface area contributed by atoms with Gasteiger partial charge in [-0.25, -0.2) is 11.6 Å². The van der Waals surface area contributed by atoms with E-state index in [0.717, 1.165) is 6.42 Å². The van der Waals surface area contributed by atoms with Crippen LogP contribution in [0.25, 0.3) is 21.5 Å². The van der Waals surface area contributed by atoms with Gasteiger partial charge in [-0.2, -0.15) is 6.08 Å². The molecule has 0 aliphatic heterocycles. The minimum absolute atomic E-state index is 0. The smallest absolute Gasteiger partial charge is 0.0771 e. The fourth-order valence-corrected chi connectivity index (χ4v) is 5.00. The SMILES string of the molecule is CCCC1=CC[C-]=C1.[Cl-].[Cl-].[Zr+2]=[C](c1ccccc1)c1ccccc1.c1ccc2c(c1)[cH-]c1ccccc12. The van der Waals surface area contributed by atoms with Crippen LogP contribution < -0.4 is 24.8 Å². The summed E-state index contributed by atoms with van der Waals surface area (Å²) in [6.45, 7) is 2.20. The molecular weight excluding hydrogens is 571 g/mol. The first-order valence-corrected chi connectivity index (χ1v) is 13.5. The van der Waals surface area contributed by atoms with Crippen molar-refractivity contribution in [1.29, 1.82) is 0 Å². The number of benzene rings is 4. The van der Waals surface area contributed by atoms with Gasteiger partial charge in [0, 0.05) is 0 Å². The van der Waals surface area contributed by atoms with Gasteiger partial charge in [0.2, 0.25) is 0 Å². The predicted octanol–water partition coefficient (Wildman–Crippen LogP) is 3.00. The summed E-state index contributed by atoms with van der Waals surface area (Å²) in [6.07, 6.45) is 11.0. The molecule has 5 aromatic carbocycles. The third kappa shape index (κ3) is 8.82. The van der Waals surface area contributed by atoms with E-state index in [1.165, 1.54) is 78.5 Å². The number of hydrogen-bond acceptors (Lipinski definition) is 0. The van der Waals surface area contributed by atoms with Gasteiger partial charge in [-0.1, -0.05) is 56.2 Å². The molecule has 0 amide bonds. The average Bonchev–Trinajstić information content (AvgIpc) is 3.58. The summed E-state index contributed by atoms with van der Waals surface area (Å²) < 4.78 is 1.42. The Kier molecular flexibility index (Phi) is 13.7. The normalized spacial score (nSPS) is 11.3. The number of rotatable bonds is 4. The van der Waals surface area contributed by atoms with Crippen molar-refractivity contribution in [2.75, 3.05) is 0 Å². The molecule has 0 nitrogen and oxygen atoms in total. The van der Waals surface area contributed by atoms with Crippen LogP contribution in [0.15, 0.2) is 133 Å². The maximum Gasteiger partial charge on any atom is -0.0771 e. The molecule has 5 aromatic rings. The fourth-order valence-electron chi connectivity index (χ4n) is 4.18. The van der Waals surface area contributed by atoms with Crippen molar-refractivity contribution in [3.8, 4) is 0 Å². The second kappa shape index (κ2) is 16.4. The standard InChI is InChI=1S/C13H9.C13H10.C8H11.2ClH.Zr/c1-3-7-12-10(5-1)9-11-6-2-4-8-13(11)12;1-3-7-12(8-4-1)11-13-9-5-2-6-10-13;1-2-5-8-6-3-4-7-8;;;/h1-9H;1-10H;6-7H,2-3,5H2,1H3;2*1H;/q-1;;-1;;;+2/p-2. The van der Waals surface area contributed by atoms with Crippen LogP contribution in [0.1, 0.15) is 37.3 Å². The summed E-state index contributed by atoms with van der Waals surface area (Å²) in [5.74, 6) is 0. The van der Waals surface area contributed by atoms with Crippen LogP contribution >= 0.6 is 0 Å². The van der Waals surface area contributed by atoms with E-state index in [4.69, 9.17) is 0 Å². The molecule has 6 rings (SSSR count). The number of fused-ring (bicyclic) bond motifs is 3. The van der Waals surface area contributed by atoms with E-state index in [1.807, 2.05) is 0 Å². The van der Waals surface area contributed by atoms with Crippen LogP contribution in [-0.4, -0.2) is 3.21 Å². The summed E-state index contributed by atoms with van der Waals surface area (Å²) >= 11 is 1.46. The molecular formula is C34H30Cl2Zr-2. The summed E-state index contributed by atoms with van der Waals surface area (Å²) in [6, 6.07) is 40.4. The molecule has 1 aliphatic carbocycles. The third-order valence-corrected chi connectivity index (χ3v) is 7.38. The monoisotopic (exact) mass is 598 g/mol. The van der Waals surface area contributed by atoms with Crippen molar-refractivity contribution in [3.05, 3.63) is 150 Å². The minimum Gasteiger partial charge on any atom is -0.126 e. The Morgan fingerprint density at radius 2 is 1.16 bits per heavy atom. The van der Waals surface area contributed by atoms with Crippen molar-refractivity contribution in [1.82, 2.24) is 0 Å². The van der Waals surface area contributed by atoms with Crippen molar-refractivity contribution in [2.24, 2.45) is 0 Å². The molecule has 0 unspecified atom stereocenters. The largest absolute Gasteiger partial charge is 0.126 e. The van der Waals surface area contributed by atoms with Gasteiger partial charge in [-0.05, 0) is 0 Å².